The number of nitrogens with zero attached hydrogens (tertiary/aromatic N) is 2. The summed E-state index contributed by atoms with van der Waals surface area (Å²) < 4.78 is 7.91. The topological polar surface area (TPSA) is 129 Å². The maximum Gasteiger partial charge on any atom is 0.328 e. The zero-order chi connectivity index (χ0) is 26.7. The van der Waals surface area contributed by atoms with Crippen LogP contribution in [0.25, 0.3) is 10.9 Å². The van der Waals surface area contributed by atoms with Gasteiger partial charge < -0.3 is 29.5 Å². The number of rotatable bonds is 6. The maximum atomic E-state index is 12.8. The summed E-state index contributed by atoms with van der Waals surface area (Å²) in [5.41, 5.74) is 4.10. The molecule has 0 bridgehead atoms. The number of carbonyl (C=O) groups excluding carboxylic acids is 1. The summed E-state index contributed by atoms with van der Waals surface area (Å²) in [7, 11) is 2.12. The fraction of sp³-hybridized carbons (Fsp3) is 0.519. The average molecular weight is 501 g/mol. The zero-order valence-electron chi connectivity index (χ0n) is 21.4. The van der Waals surface area contributed by atoms with Gasteiger partial charge in [-0.05, 0) is 64.8 Å². The van der Waals surface area contributed by atoms with Gasteiger partial charge in [0.1, 0.15) is 6.10 Å². The van der Waals surface area contributed by atoms with Crippen molar-refractivity contribution in [2.24, 2.45) is 5.92 Å². The number of esters is 1. The predicted molar refractivity (Wildman–Crippen MR) is 135 cm³/mol. The van der Waals surface area contributed by atoms with E-state index in [0.717, 1.165) is 12.8 Å². The Morgan fingerprint density at radius 3 is 2.28 bits per heavy atom. The Morgan fingerprint density at radius 2 is 1.72 bits per heavy atom. The van der Waals surface area contributed by atoms with Crippen molar-refractivity contribution in [3.63, 3.8) is 0 Å². The second-order valence-corrected chi connectivity index (χ2v) is 10.0. The van der Waals surface area contributed by atoms with Gasteiger partial charge in [-0.1, -0.05) is 12.1 Å². The first-order valence-electron chi connectivity index (χ1n) is 12.3. The number of likely N-dealkylation sites (tertiary alicyclic amines) is 1. The molecule has 5 unspecified atom stereocenters. The number of aliphatic hydroxyl groups excluding tert-OH is 1. The van der Waals surface area contributed by atoms with E-state index in [-0.39, 0.29) is 11.9 Å². The molecule has 36 heavy (non-hydrogen) atoms. The largest absolute Gasteiger partial charge is 0.478 e. The van der Waals surface area contributed by atoms with Crippen LogP contribution in [-0.2, 0) is 25.5 Å². The Labute approximate surface area is 211 Å². The number of benzene rings is 1. The van der Waals surface area contributed by atoms with Crippen molar-refractivity contribution in [3.8, 4) is 0 Å². The summed E-state index contributed by atoms with van der Waals surface area (Å²) >= 11 is 0. The van der Waals surface area contributed by atoms with Crippen LogP contribution < -0.4 is 0 Å². The van der Waals surface area contributed by atoms with Gasteiger partial charge in [-0.15, -0.1) is 0 Å². The molecule has 0 spiro atoms. The SMILES string of the molecule is CC(O)C(C)OC(=O)C1CC2c3cccc4c3c(cn4C(C)C)CC2N(C)C1.O=C(O)/C=C/C(=O)O. The Kier molecular flexibility index (Phi) is 8.58. The number of ether oxygens (including phenoxy) is 1. The minimum Gasteiger partial charge on any atom is -0.478 e. The minimum atomic E-state index is -1.26. The molecule has 1 aromatic heterocycles. The number of likely N-dealkylation sites (N-methyl/N-ethyl adjacent to an activating group) is 1. The van der Waals surface area contributed by atoms with Crippen molar-refractivity contribution in [1.29, 1.82) is 0 Å². The molecule has 4 rings (SSSR count). The van der Waals surface area contributed by atoms with Gasteiger partial charge in [0.05, 0.1) is 12.0 Å². The van der Waals surface area contributed by atoms with E-state index in [1.165, 1.54) is 22.0 Å². The molecular weight excluding hydrogens is 464 g/mol. The Hall–Kier alpha value is -3.17. The summed E-state index contributed by atoms with van der Waals surface area (Å²) in [4.78, 5) is 34.2. The first-order valence-corrected chi connectivity index (χ1v) is 12.3. The number of aromatic nitrogens is 1. The Bertz CT molecular complexity index is 1130. The van der Waals surface area contributed by atoms with Crippen molar-refractivity contribution >= 4 is 28.8 Å². The van der Waals surface area contributed by atoms with Gasteiger partial charge in [-0.2, -0.15) is 0 Å². The van der Waals surface area contributed by atoms with Crippen LogP contribution in [0.4, 0.5) is 0 Å². The predicted octanol–water partition coefficient (Wildman–Crippen LogP) is 3.21. The third-order valence-electron chi connectivity index (χ3n) is 7.11. The molecule has 2 heterocycles. The van der Waals surface area contributed by atoms with Crippen LogP contribution in [0.5, 0.6) is 0 Å². The highest BCUT2D eigenvalue weighted by Crippen LogP contribution is 2.45. The van der Waals surface area contributed by atoms with Gasteiger partial charge in [0.2, 0.25) is 0 Å². The van der Waals surface area contributed by atoms with Gasteiger partial charge in [-0.25, -0.2) is 9.59 Å². The van der Waals surface area contributed by atoms with Gasteiger partial charge in [0.25, 0.3) is 0 Å². The zero-order valence-corrected chi connectivity index (χ0v) is 21.4. The Morgan fingerprint density at radius 1 is 1.08 bits per heavy atom. The number of carbonyl (C=O) groups is 3. The molecular formula is C27H36N2O7. The van der Waals surface area contributed by atoms with E-state index < -0.39 is 24.1 Å². The molecule has 9 heteroatoms. The second-order valence-electron chi connectivity index (χ2n) is 10.0. The fourth-order valence-electron chi connectivity index (χ4n) is 5.19. The van der Waals surface area contributed by atoms with Crippen molar-refractivity contribution < 1.29 is 34.4 Å². The highest BCUT2D eigenvalue weighted by Gasteiger charge is 2.42. The summed E-state index contributed by atoms with van der Waals surface area (Å²) in [5, 5.41) is 26.7. The molecule has 1 aliphatic carbocycles. The summed E-state index contributed by atoms with van der Waals surface area (Å²) in [6.45, 7) is 8.57. The molecule has 2 aliphatic rings. The molecule has 2 aromatic rings. The van der Waals surface area contributed by atoms with Crippen LogP contribution in [0.2, 0.25) is 0 Å². The van der Waals surface area contributed by atoms with Crippen molar-refractivity contribution in [2.45, 2.75) is 70.7 Å². The molecule has 1 aromatic carbocycles. The van der Waals surface area contributed by atoms with E-state index in [0.29, 0.717) is 36.7 Å². The van der Waals surface area contributed by atoms with Crippen LogP contribution in [-0.4, -0.2) is 74.5 Å². The van der Waals surface area contributed by atoms with Crippen molar-refractivity contribution in [1.82, 2.24) is 9.47 Å². The number of hydrogen-bond acceptors (Lipinski definition) is 6. The normalized spacial score (nSPS) is 23.0. The quantitative estimate of drug-likeness (QED) is 0.407. The van der Waals surface area contributed by atoms with E-state index in [9.17, 15) is 19.5 Å². The number of fused-ring (bicyclic) bond motifs is 2. The molecule has 0 saturated carbocycles. The number of carboxylic acid groups (broad SMARTS) is 2. The summed E-state index contributed by atoms with van der Waals surface area (Å²) in [6, 6.07) is 7.45. The molecule has 196 valence electrons. The highest BCUT2D eigenvalue weighted by atomic mass is 16.6. The third-order valence-corrected chi connectivity index (χ3v) is 7.11. The van der Waals surface area contributed by atoms with Crippen molar-refractivity contribution in [3.05, 3.63) is 47.7 Å². The molecule has 9 nitrogen and oxygen atoms in total. The van der Waals surface area contributed by atoms with E-state index in [4.69, 9.17) is 14.9 Å². The third kappa shape index (κ3) is 5.96. The number of piperidine rings is 1. The lowest BCUT2D eigenvalue weighted by molar-refractivity contribution is -0.160. The lowest BCUT2D eigenvalue weighted by Crippen LogP contribution is -2.50. The number of aliphatic hydroxyl groups is 1. The summed E-state index contributed by atoms with van der Waals surface area (Å²) in [5.74, 6) is -2.52. The van der Waals surface area contributed by atoms with Crippen LogP contribution >= 0.6 is 0 Å². The minimum absolute atomic E-state index is 0.156. The first-order chi connectivity index (χ1) is 16.9. The van der Waals surface area contributed by atoms with Crippen LogP contribution in [0.3, 0.4) is 0 Å². The van der Waals surface area contributed by atoms with Crippen LogP contribution in [0.1, 0.15) is 57.2 Å². The lowest BCUT2D eigenvalue weighted by atomic mass is 9.72. The Balaban J connectivity index is 0.000000392. The van der Waals surface area contributed by atoms with Gasteiger partial charge >= 0.3 is 17.9 Å². The standard InChI is InChI=1S/C23H32N2O3.C4H4O4/c1-13(2)25-12-16-10-21-19(18-7-6-8-20(25)22(16)18)9-17(11-24(21)5)23(27)28-15(4)14(3)26;5-3(6)1-2-4(7)8/h6-8,12-15,17,19,21,26H,9-11H2,1-5H3;1-2H,(H,5,6)(H,7,8)/b;2-1+. The molecule has 1 saturated heterocycles. The molecule has 5 atom stereocenters. The lowest BCUT2D eigenvalue weighted by Gasteiger charge is -2.45. The number of carboxylic acids is 2. The summed E-state index contributed by atoms with van der Waals surface area (Å²) in [6.07, 6.45) is 4.15. The molecule has 3 N–H and O–H groups in total. The van der Waals surface area contributed by atoms with Gasteiger partial charge in [-0.3, -0.25) is 4.79 Å². The first kappa shape index (κ1) is 27.4. The van der Waals surface area contributed by atoms with Crippen LogP contribution in [0.15, 0.2) is 36.5 Å². The maximum absolute atomic E-state index is 12.8. The molecule has 1 aliphatic heterocycles. The van der Waals surface area contributed by atoms with Gasteiger partial charge in [0, 0.05) is 53.8 Å². The van der Waals surface area contributed by atoms with E-state index in [1.54, 1.807) is 13.8 Å². The number of aliphatic carboxylic acids is 2. The number of hydrogen-bond donors (Lipinski definition) is 3. The van der Waals surface area contributed by atoms with E-state index in [2.05, 4.69) is 54.8 Å². The molecule has 1 fully saturated rings. The van der Waals surface area contributed by atoms with Crippen LogP contribution in [0, 0.1) is 5.92 Å². The second kappa shape index (κ2) is 11.3. The van der Waals surface area contributed by atoms with Crippen molar-refractivity contribution in [2.75, 3.05) is 13.6 Å². The fourth-order valence-corrected chi connectivity index (χ4v) is 5.19. The average Bonchev–Trinajstić information content (AvgIpc) is 3.18. The monoisotopic (exact) mass is 500 g/mol. The highest BCUT2D eigenvalue weighted by molar-refractivity contribution is 5.90. The van der Waals surface area contributed by atoms with E-state index in [1.807, 2.05) is 0 Å². The molecule has 0 radical (unpaired) electrons. The molecule has 0 amide bonds. The van der Waals surface area contributed by atoms with Gasteiger partial charge in [0.15, 0.2) is 0 Å². The smallest absolute Gasteiger partial charge is 0.328 e. The van der Waals surface area contributed by atoms with E-state index >= 15 is 0 Å².